The van der Waals surface area contributed by atoms with Gasteiger partial charge >= 0.3 is 0 Å². The molecule has 1 saturated carbocycles. The van der Waals surface area contributed by atoms with Gasteiger partial charge in [0.1, 0.15) is 5.75 Å². The fraction of sp³-hybridized carbons (Fsp3) is 0.500. The van der Waals surface area contributed by atoms with Crippen molar-refractivity contribution < 1.29 is 13.2 Å². The highest BCUT2D eigenvalue weighted by Crippen LogP contribution is 2.33. The summed E-state index contributed by atoms with van der Waals surface area (Å²) in [4.78, 5) is 0. The Hall–Kier alpha value is -1.23. The van der Waals surface area contributed by atoms with Crippen LogP contribution in [0.4, 0.5) is 5.69 Å². The maximum Gasteiger partial charge on any atom is 0.229 e. The zero-order valence-corrected chi connectivity index (χ0v) is 10.9. The summed E-state index contributed by atoms with van der Waals surface area (Å²) in [6.07, 6.45) is 4.40. The lowest BCUT2D eigenvalue weighted by Crippen LogP contribution is -2.11. The molecule has 1 aromatic rings. The van der Waals surface area contributed by atoms with E-state index in [2.05, 4.69) is 11.6 Å². The molecule has 1 aliphatic rings. The molecule has 0 saturated heterocycles. The molecule has 0 aromatic heterocycles. The van der Waals surface area contributed by atoms with Gasteiger partial charge in [-0.2, -0.15) is 0 Å². The second-order valence-electron chi connectivity index (χ2n) is 4.38. The Bertz CT molecular complexity index is 506. The molecule has 0 aliphatic heterocycles. The van der Waals surface area contributed by atoms with Gasteiger partial charge in [-0.1, -0.05) is 13.0 Å². The largest absolute Gasteiger partial charge is 0.488 e. The number of benzene rings is 1. The lowest BCUT2D eigenvalue weighted by molar-refractivity contribution is 0.304. The lowest BCUT2D eigenvalue weighted by atomic mass is 10.1. The first-order valence-electron chi connectivity index (χ1n) is 5.75. The van der Waals surface area contributed by atoms with Gasteiger partial charge in [0.25, 0.3) is 0 Å². The Morgan fingerprint density at radius 2 is 2.12 bits per heavy atom. The van der Waals surface area contributed by atoms with E-state index in [0.717, 1.165) is 31.1 Å². The maximum atomic E-state index is 11.2. The highest BCUT2D eigenvalue weighted by Gasteiger charge is 2.25. The standard InChI is InChI=1S/C12H17NO3S/c1-3-9-4-7-11(13-17(2,14)15)12(8-9)16-10-5-6-10/h4,7-8,10,13H,3,5-6H2,1-2H3. The molecule has 0 radical (unpaired) electrons. The summed E-state index contributed by atoms with van der Waals surface area (Å²) in [7, 11) is -3.26. The molecule has 17 heavy (non-hydrogen) atoms. The maximum absolute atomic E-state index is 11.2. The minimum Gasteiger partial charge on any atom is -0.488 e. The fourth-order valence-corrected chi connectivity index (χ4v) is 2.10. The highest BCUT2D eigenvalue weighted by atomic mass is 32.2. The molecule has 0 amide bonds. The SMILES string of the molecule is CCc1ccc(NS(C)(=O)=O)c(OC2CC2)c1. The van der Waals surface area contributed by atoms with Gasteiger partial charge in [-0.25, -0.2) is 8.42 Å². The monoisotopic (exact) mass is 255 g/mol. The van der Waals surface area contributed by atoms with Gasteiger partial charge in [0.2, 0.25) is 10.0 Å². The van der Waals surface area contributed by atoms with Crippen molar-refractivity contribution >= 4 is 15.7 Å². The molecule has 1 fully saturated rings. The zero-order chi connectivity index (χ0) is 12.5. The second-order valence-corrected chi connectivity index (χ2v) is 6.12. The number of anilines is 1. The number of nitrogens with one attached hydrogen (secondary N) is 1. The van der Waals surface area contributed by atoms with E-state index in [4.69, 9.17) is 4.74 Å². The van der Waals surface area contributed by atoms with E-state index < -0.39 is 10.0 Å². The molecule has 1 aromatic carbocycles. The van der Waals surface area contributed by atoms with Crippen LogP contribution in [0, 0.1) is 0 Å². The second kappa shape index (κ2) is 4.56. The molecule has 0 bridgehead atoms. The minimum absolute atomic E-state index is 0.252. The molecule has 4 nitrogen and oxygen atoms in total. The first-order valence-corrected chi connectivity index (χ1v) is 7.64. The quantitative estimate of drug-likeness (QED) is 0.877. The molecule has 1 N–H and O–H groups in total. The summed E-state index contributed by atoms with van der Waals surface area (Å²) in [6.45, 7) is 2.06. The van der Waals surface area contributed by atoms with Crippen LogP contribution in [0.5, 0.6) is 5.75 Å². The van der Waals surface area contributed by atoms with Crippen molar-refractivity contribution in [3.05, 3.63) is 23.8 Å². The number of ether oxygens (including phenoxy) is 1. The number of aryl methyl sites for hydroxylation is 1. The molecule has 94 valence electrons. The zero-order valence-electron chi connectivity index (χ0n) is 10.1. The van der Waals surface area contributed by atoms with Crippen molar-refractivity contribution in [3.63, 3.8) is 0 Å². The van der Waals surface area contributed by atoms with Gasteiger partial charge in [0, 0.05) is 0 Å². The third kappa shape index (κ3) is 3.63. The van der Waals surface area contributed by atoms with Crippen LogP contribution in [0.1, 0.15) is 25.3 Å². The van der Waals surface area contributed by atoms with Crippen LogP contribution in [0.15, 0.2) is 18.2 Å². The van der Waals surface area contributed by atoms with E-state index >= 15 is 0 Å². The third-order valence-electron chi connectivity index (χ3n) is 2.57. The van der Waals surface area contributed by atoms with Gasteiger partial charge < -0.3 is 4.74 Å². The summed E-state index contributed by atoms with van der Waals surface area (Å²) in [5.74, 6) is 0.636. The average molecular weight is 255 g/mol. The van der Waals surface area contributed by atoms with Gasteiger partial charge in [0.15, 0.2) is 0 Å². The smallest absolute Gasteiger partial charge is 0.229 e. The van der Waals surface area contributed by atoms with Crippen molar-refractivity contribution in [2.75, 3.05) is 11.0 Å². The molecule has 0 atom stereocenters. The molecule has 0 unspecified atom stereocenters. The predicted molar refractivity (Wildman–Crippen MR) is 67.9 cm³/mol. The minimum atomic E-state index is -3.26. The van der Waals surface area contributed by atoms with E-state index in [1.54, 1.807) is 6.07 Å². The van der Waals surface area contributed by atoms with Crippen molar-refractivity contribution in [2.45, 2.75) is 32.3 Å². The topological polar surface area (TPSA) is 55.4 Å². The summed E-state index contributed by atoms with van der Waals surface area (Å²) in [5, 5.41) is 0. The van der Waals surface area contributed by atoms with Crippen LogP contribution in [0.25, 0.3) is 0 Å². The van der Waals surface area contributed by atoms with E-state index in [-0.39, 0.29) is 6.10 Å². The predicted octanol–water partition coefficient (Wildman–Crippen LogP) is 2.16. The van der Waals surface area contributed by atoms with E-state index in [1.165, 1.54) is 0 Å². The fourth-order valence-electron chi connectivity index (χ4n) is 1.53. The molecular weight excluding hydrogens is 238 g/mol. The van der Waals surface area contributed by atoms with Gasteiger partial charge in [-0.15, -0.1) is 0 Å². The molecule has 0 heterocycles. The van der Waals surface area contributed by atoms with Crippen molar-refractivity contribution in [3.8, 4) is 5.75 Å². The summed E-state index contributed by atoms with van der Waals surface area (Å²) >= 11 is 0. The van der Waals surface area contributed by atoms with Crippen LogP contribution < -0.4 is 9.46 Å². The lowest BCUT2D eigenvalue weighted by Gasteiger charge is -2.13. The van der Waals surface area contributed by atoms with E-state index in [0.29, 0.717) is 11.4 Å². The van der Waals surface area contributed by atoms with Crippen LogP contribution in [-0.4, -0.2) is 20.8 Å². The van der Waals surface area contributed by atoms with Crippen molar-refractivity contribution in [1.82, 2.24) is 0 Å². The van der Waals surface area contributed by atoms with Gasteiger partial charge in [-0.05, 0) is 37.0 Å². The Morgan fingerprint density at radius 1 is 1.41 bits per heavy atom. The van der Waals surface area contributed by atoms with Crippen molar-refractivity contribution in [1.29, 1.82) is 0 Å². The summed E-state index contributed by atoms with van der Waals surface area (Å²) in [5.41, 5.74) is 1.66. The summed E-state index contributed by atoms with van der Waals surface area (Å²) in [6, 6.07) is 5.58. The molecular formula is C12H17NO3S. The number of hydrogen-bond donors (Lipinski definition) is 1. The molecule has 5 heteroatoms. The van der Waals surface area contributed by atoms with Crippen LogP contribution in [0.3, 0.4) is 0 Å². The normalized spacial score (nSPS) is 15.6. The Labute approximate surface area is 102 Å². The Balaban J connectivity index is 2.28. The number of hydrogen-bond acceptors (Lipinski definition) is 3. The Morgan fingerprint density at radius 3 is 2.65 bits per heavy atom. The van der Waals surface area contributed by atoms with Crippen LogP contribution in [-0.2, 0) is 16.4 Å². The van der Waals surface area contributed by atoms with Gasteiger partial charge in [0.05, 0.1) is 18.0 Å². The summed E-state index contributed by atoms with van der Waals surface area (Å²) < 4.78 is 30.7. The first-order chi connectivity index (χ1) is 7.98. The number of rotatable bonds is 5. The molecule has 1 aliphatic carbocycles. The highest BCUT2D eigenvalue weighted by molar-refractivity contribution is 7.92. The first kappa shape index (κ1) is 12.2. The molecule has 2 rings (SSSR count). The number of sulfonamides is 1. The molecule has 0 spiro atoms. The average Bonchev–Trinajstić information content (AvgIpc) is 3.02. The Kier molecular flexibility index (Phi) is 3.28. The van der Waals surface area contributed by atoms with Crippen LogP contribution >= 0.6 is 0 Å². The third-order valence-corrected chi connectivity index (χ3v) is 3.16. The van der Waals surface area contributed by atoms with E-state index in [9.17, 15) is 8.42 Å². The van der Waals surface area contributed by atoms with E-state index in [1.807, 2.05) is 12.1 Å². The van der Waals surface area contributed by atoms with Crippen LogP contribution in [0.2, 0.25) is 0 Å². The van der Waals surface area contributed by atoms with Gasteiger partial charge in [-0.3, -0.25) is 4.72 Å². The van der Waals surface area contributed by atoms with Crippen molar-refractivity contribution in [2.24, 2.45) is 0 Å².